The lowest BCUT2D eigenvalue weighted by atomic mass is 10.1. The summed E-state index contributed by atoms with van der Waals surface area (Å²) in [5, 5.41) is 0.733. The van der Waals surface area contributed by atoms with Crippen molar-refractivity contribution in [2.24, 2.45) is 4.99 Å². The quantitative estimate of drug-likeness (QED) is 0.768. The molecule has 1 aromatic rings. The number of aliphatic imine (C=N–C) groups is 1. The second-order valence-electron chi connectivity index (χ2n) is 4.41. The summed E-state index contributed by atoms with van der Waals surface area (Å²) in [5.74, 6) is 0.671. The van der Waals surface area contributed by atoms with Gasteiger partial charge in [0, 0.05) is 11.1 Å². The van der Waals surface area contributed by atoms with Gasteiger partial charge >= 0.3 is 0 Å². The maximum absolute atomic E-state index is 6.03. The third-order valence-corrected chi connectivity index (χ3v) is 2.64. The van der Waals surface area contributed by atoms with E-state index in [1.165, 1.54) is 0 Å². The zero-order chi connectivity index (χ0) is 11.6. The van der Waals surface area contributed by atoms with Gasteiger partial charge in [-0.15, -0.1) is 0 Å². The van der Waals surface area contributed by atoms with Crippen molar-refractivity contribution in [3.05, 3.63) is 40.9 Å². The van der Waals surface area contributed by atoms with E-state index in [1.54, 1.807) is 0 Å². The highest BCUT2D eigenvalue weighted by Crippen LogP contribution is 2.19. The van der Waals surface area contributed by atoms with E-state index < -0.39 is 0 Å². The van der Waals surface area contributed by atoms with Crippen molar-refractivity contribution in [3.8, 4) is 0 Å². The monoisotopic (exact) mass is 235 g/mol. The predicted molar refractivity (Wildman–Crippen MR) is 68.0 cm³/mol. The third-order valence-electron chi connectivity index (χ3n) is 2.30. The van der Waals surface area contributed by atoms with Gasteiger partial charge in [-0.25, -0.2) is 4.99 Å². The molecule has 0 saturated heterocycles. The molecule has 1 aliphatic heterocycles. The van der Waals surface area contributed by atoms with E-state index in [2.05, 4.69) is 4.99 Å². The van der Waals surface area contributed by atoms with E-state index >= 15 is 0 Å². The zero-order valence-electron chi connectivity index (χ0n) is 9.40. The lowest BCUT2D eigenvalue weighted by molar-refractivity contribution is 0.280. The summed E-state index contributed by atoms with van der Waals surface area (Å²) >= 11 is 6.03. The van der Waals surface area contributed by atoms with Crippen LogP contribution in [0.2, 0.25) is 5.02 Å². The molecule has 0 spiro atoms. The number of ether oxygens (including phenoxy) is 1. The molecule has 0 N–H and O–H groups in total. The summed E-state index contributed by atoms with van der Waals surface area (Å²) in [5.41, 5.74) is 0.861. The van der Waals surface area contributed by atoms with Crippen LogP contribution in [-0.4, -0.2) is 18.0 Å². The van der Waals surface area contributed by atoms with Gasteiger partial charge in [0.05, 0.1) is 5.54 Å². The number of halogens is 1. The van der Waals surface area contributed by atoms with Gasteiger partial charge in [0.15, 0.2) is 0 Å². The Morgan fingerprint density at radius 2 is 2.06 bits per heavy atom. The van der Waals surface area contributed by atoms with Crippen molar-refractivity contribution in [1.82, 2.24) is 0 Å². The maximum atomic E-state index is 6.03. The van der Waals surface area contributed by atoms with E-state index in [0.29, 0.717) is 12.5 Å². The van der Waals surface area contributed by atoms with Crippen molar-refractivity contribution < 1.29 is 4.74 Å². The fraction of sp³-hybridized carbons (Fsp3) is 0.308. The van der Waals surface area contributed by atoms with Gasteiger partial charge in [0.2, 0.25) is 5.90 Å². The summed E-state index contributed by atoms with van der Waals surface area (Å²) in [6.45, 7) is 4.72. The lowest BCUT2D eigenvalue weighted by Crippen LogP contribution is -2.17. The van der Waals surface area contributed by atoms with Crippen LogP contribution < -0.4 is 0 Å². The van der Waals surface area contributed by atoms with Crippen molar-refractivity contribution in [2.45, 2.75) is 19.4 Å². The van der Waals surface area contributed by atoms with E-state index in [0.717, 1.165) is 10.6 Å². The second kappa shape index (κ2) is 4.30. The molecule has 0 atom stereocenters. The van der Waals surface area contributed by atoms with Crippen molar-refractivity contribution in [1.29, 1.82) is 0 Å². The van der Waals surface area contributed by atoms with Crippen LogP contribution in [0.25, 0.3) is 6.08 Å². The van der Waals surface area contributed by atoms with E-state index in [9.17, 15) is 0 Å². The minimum atomic E-state index is -0.111. The average Bonchev–Trinajstić information content (AvgIpc) is 2.57. The molecule has 0 aromatic heterocycles. The minimum Gasteiger partial charge on any atom is -0.475 e. The molecule has 0 aliphatic carbocycles. The molecular formula is C13H14ClNO. The molecule has 0 fully saturated rings. The van der Waals surface area contributed by atoms with Gasteiger partial charge in [-0.1, -0.05) is 29.8 Å². The average molecular weight is 236 g/mol. The van der Waals surface area contributed by atoms with Gasteiger partial charge in [0.1, 0.15) is 6.61 Å². The summed E-state index contributed by atoms with van der Waals surface area (Å²) in [4.78, 5) is 4.43. The summed E-state index contributed by atoms with van der Waals surface area (Å²) in [6.07, 6.45) is 3.78. The molecule has 16 heavy (non-hydrogen) atoms. The molecule has 2 rings (SSSR count). The number of benzene rings is 1. The molecule has 0 unspecified atom stereocenters. The van der Waals surface area contributed by atoms with E-state index in [-0.39, 0.29) is 5.54 Å². The molecule has 84 valence electrons. The maximum Gasteiger partial charge on any atom is 0.209 e. The Balaban J connectivity index is 2.14. The Morgan fingerprint density at radius 3 is 2.69 bits per heavy atom. The topological polar surface area (TPSA) is 21.6 Å². The molecule has 1 heterocycles. The van der Waals surface area contributed by atoms with E-state index in [4.69, 9.17) is 16.3 Å². The van der Waals surface area contributed by atoms with Gasteiger partial charge in [-0.3, -0.25) is 0 Å². The first-order valence-corrected chi connectivity index (χ1v) is 5.60. The van der Waals surface area contributed by atoms with Crippen molar-refractivity contribution in [2.75, 3.05) is 6.61 Å². The molecule has 0 saturated carbocycles. The molecule has 0 bridgehead atoms. The van der Waals surface area contributed by atoms with Crippen LogP contribution in [0.15, 0.2) is 35.3 Å². The van der Waals surface area contributed by atoms with Crippen LogP contribution in [0, 0.1) is 0 Å². The Morgan fingerprint density at radius 1 is 1.31 bits per heavy atom. The second-order valence-corrected chi connectivity index (χ2v) is 4.81. The summed E-state index contributed by atoms with van der Waals surface area (Å²) < 4.78 is 5.45. The van der Waals surface area contributed by atoms with Gasteiger partial charge in [0.25, 0.3) is 0 Å². The summed E-state index contributed by atoms with van der Waals surface area (Å²) in [6, 6.07) is 7.68. The van der Waals surface area contributed by atoms with Gasteiger partial charge < -0.3 is 4.74 Å². The minimum absolute atomic E-state index is 0.111. The largest absolute Gasteiger partial charge is 0.475 e. The molecular weight excluding hydrogens is 222 g/mol. The third kappa shape index (κ3) is 2.64. The SMILES string of the molecule is CC1(C)COC(C=Cc2ccccc2Cl)=N1. The highest BCUT2D eigenvalue weighted by atomic mass is 35.5. The first-order valence-electron chi connectivity index (χ1n) is 5.22. The van der Waals surface area contributed by atoms with Gasteiger partial charge in [-0.05, 0) is 31.6 Å². The fourth-order valence-electron chi connectivity index (χ4n) is 1.47. The Kier molecular flexibility index (Phi) is 3.01. The first kappa shape index (κ1) is 11.2. The molecule has 0 radical (unpaired) electrons. The van der Waals surface area contributed by atoms with Crippen LogP contribution in [0.1, 0.15) is 19.4 Å². The molecule has 2 nitrogen and oxygen atoms in total. The van der Waals surface area contributed by atoms with Crippen LogP contribution in [0.3, 0.4) is 0 Å². The van der Waals surface area contributed by atoms with Crippen LogP contribution in [0.4, 0.5) is 0 Å². The number of hydrogen-bond donors (Lipinski definition) is 0. The highest BCUT2D eigenvalue weighted by molar-refractivity contribution is 6.32. The Bertz CT molecular complexity index is 449. The normalized spacial score (nSPS) is 18.6. The standard InChI is InChI=1S/C13H14ClNO/c1-13(2)9-16-12(15-13)8-7-10-5-3-4-6-11(10)14/h3-8H,9H2,1-2H3. The molecule has 0 amide bonds. The Hall–Kier alpha value is -1.28. The first-order chi connectivity index (χ1) is 7.57. The Labute approximate surface area is 101 Å². The fourth-order valence-corrected chi connectivity index (χ4v) is 1.67. The van der Waals surface area contributed by atoms with Gasteiger partial charge in [-0.2, -0.15) is 0 Å². The lowest BCUT2D eigenvalue weighted by Gasteiger charge is -2.07. The predicted octanol–water partition coefficient (Wildman–Crippen LogP) is 3.56. The zero-order valence-corrected chi connectivity index (χ0v) is 10.2. The smallest absolute Gasteiger partial charge is 0.209 e. The molecule has 1 aromatic carbocycles. The van der Waals surface area contributed by atoms with Crippen LogP contribution >= 0.6 is 11.6 Å². The molecule has 3 heteroatoms. The summed E-state index contributed by atoms with van der Waals surface area (Å²) in [7, 11) is 0. The van der Waals surface area contributed by atoms with E-state index in [1.807, 2.05) is 50.3 Å². The van der Waals surface area contributed by atoms with Crippen molar-refractivity contribution in [3.63, 3.8) is 0 Å². The highest BCUT2D eigenvalue weighted by Gasteiger charge is 2.24. The van der Waals surface area contributed by atoms with Crippen molar-refractivity contribution >= 4 is 23.6 Å². The number of hydrogen-bond acceptors (Lipinski definition) is 2. The van der Waals surface area contributed by atoms with Crippen LogP contribution in [0.5, 0.6) is 0 Å². The number of rotatable bonds is 2. The number of nitrogens with zero attached hydrogens (tertiary/aromatic N) is 1. The molecule has 1 aliphatic rings. The van der Waals surface area contributed by atoms with Crippen LogP contribution in [-0.2, 0) is 4.74 Å².